The predicted molar refractivity (Wildman–Crippen MR) is 32.9 cm³/mol. The molecule has 0 radical (unpaired) electrons. The normalized spacial score (nSPS) is 32.3. The number of hydrogen-bond donors (Lipinski definition) is 0. The molecule has 0 N–H and O–H groups in total. The highest BCUT2D eigenvalue weighted by Crippen LogP contribution is 2.40. The maximum atomic E-state index is 12.0. The predicted octanol–water partition coefficient (Wildman–Crippen LogP) is 2.16. The summed E-state index contributed by atoms with van der Waals surface area (Å²) >= 11 is 0. The Morgan fingerprint density at radius 1 is 1.27 bits per heavy atom. The van der Waals surface area contributed by atoms with Gasteiger partial charge in [0.25, 0.3) is 0 Å². The number of rotatable bonds is 1. The van der Waals surface area contributed by atoms with E-state index in [1.807, 2.05) is 0 Å². The van der Waals surface area contributed by atoms with Crippen LogP contribution in [-0.4, -0.2) is 12.5 Å². The topological polar surface area (TPSA) is 17.1 Å². The Kier molecular flexibility index (Phi) is 2.20. The summed E-state index contributed by atoms with van der Waals surface area (Å²) in [7, 11) is 0. The largest absolute Gasteiger partial charge is 0.391 e. The van der Waals surface area contributed by atoms with Gasteiger partial charge in [-0.15, -0.1) is 0 Å². The maximum absolute atomic E-state index is 12.0. The van der Waals surface area contributed by atoms with Crippen LogP contribution in [0.2, 0.25) is 0 Å². The summed E-state index contributed by atoms with van der Waals surface area (Å²) in [5.41, 5.74) is 0. The third-order valence-corrected chi connectivity index (χ3v) is 2.13. The molecule has 0 aliphatic heterocycles. The lowest BCUT2D eigenvalue weighted by Gasteiger charge is -2.12. The van der Waals surface area contributed by atoms with Crippen molar-refractivity contribution in [1.29, 1.82) is 0 Å². The van der Waals surface area contributed by atoms with E-state index in [0.717, 1.165) is 0 Å². The second kappa shape index (κ2) is 2.83. The molecule has 0 aromatic carbocycles. The van der Waals surface area contributed by atoms with E-state index < -0.39 is 12.1 Å². The quantitative estimate of drug-likeness (QED) is 0.545. The molecule has 0 saturated heterocycles. The minimum absolute atomic E-state index is 0.00694. The lowest BCUT2D eigenvalue weighted by Crippen LogP contribution is -2.20. The van der Waals surface area contributed by atoms with Gasteiger partial charge in [-0.1, -0.05) is 0 Å². The summed E-state index contributed by atoms with van der Waals surface area (Å²) in [5.74, 6) is -1.60. The van der Waals surface area contributed by atoms with Crippen LogP contribution in [0.3, 0.4) is 0 Å². The third-order valence-electron chi connectivity index (χ3n) is 2.13. The zero-order chi connectivity index (χ0) is 8.48. The van der Waals surface area contributed by atoms with Crippen molar-refractivity contribution in [2.75, 3.05) is 0 Å². The van der Waals surface area contributed by atoms with Crippen LogP contribution in [0.1, 0.15) is 19.3 Å². The Balaban J connectivity index is 2.48. The maximum Gasteiger partial charge on any atom is 0.391 e. The highest BCUT2D eigenvalue weighted by molar-refractivity contribution is 5.53. The lowest BCUT2D eigenvalue weighted by atomic mass is 10.1. The van der Waals surface area contributed by atoms with E-state index in [0.29, 0.717) is 12.7 Å². The Morgan fingerprint density at radius 2 is 1.91 bits per heavy atom. The third kappa shape index (κ3) is 1.94. The SMILES string of the molecule is O=C[C@H]1CC[C@@H](C(F)(F)F)C1. The Hall–Kier alpha value is -0.540. The molecule has 1 fully saturated rings. The second-order valence-electron chi connectivity index (χ2n) is 2.95. The molecule has 0 spiro atoms. The molecule has 1 aliphatic rings. The van der Waals surface area contributed by atoms with Crippen molar-refractivity contribution in [2.24, 2.45) is 11.8 Å². The highest BCUT2D eigenvalue weighted by atomic mass is 19.4. The van der Waals surface area contributed by atoms with Crippen molar-refractivity contribution in [3.8, 4) is 0 Å². The number of aldehydes is 1. The van der Waals surface area contributed by atoms with Crippen molar-refractivity contribution in [2.45, 2.75) is 25.4 Å². The summed E-state index contributed by atoms with van der Waals surface area (Å²) in [6.45, 7) is 0. The fourth-order valence-corrected chi connectivity index (χ4v) is 1.44. The van der Waals surface area contributed by atoms with Gasteiger partial charge in [0, 0.05) is 5.92 Å². The van der Waals surface area contributed by atoms with E-state index >= 15 is 0 Å². The van der Waals surface area contributed by atoms with E-state index in [-0.39, 0.29) is 18.8 Å². The fourth-order valence-electron chi connectivity index (χ4n) is 1.44. The molecule has 1 rings (SSSR count). The summed E-state index contributed by atoms with van der Waals surface area (Å²) in [5, 5.41) is 0. The van der Waals surface area contributed by atoms with E-state index in [4.69, 9.17) is 0 Å². The van der Waals surface area contributed by atoms with Crippen molar-refractivity contribution in [3.05, 3.63) is 0 Å². The smallest absolute Gasteiger partial charge is 0.303 e. The Bertz CT molecular complexity index is 152. The van der Waals surface area contributed by atoms with Crippen LogP contribution in [0, 0.1) is 11.8 Å². The number of carbonyl (C=O) groups excluding carboxylic acids is 1. The first-order valence-corrected chi connectivity index (χ1v) is 3.56. The molecule has 0 amide bonds. The van der Waals surface area contributed by atoms with E-state index in [2.05, 4.69) is 0 Å². The minimum Gasteiger partial charge on any atom is -0.303 e. The Morgan fingerprint density at radius 3 is 2.18 bits per heavy atom. The Labute approximate surface area is 62.6 Å². The van der Waals surface area contributed by atoms with Gasteiger partial charge in [0.05, 0.1) is 5.92 Å². The highest BCUT2D eigenvalue weighted by Gasteiger charge is 2.43. The van der Waals surface area contributed by atoms with Crippen LogP contribution >= 0.6 is 0 Å². The molecule has 1 aliphatic carbocycles. The average molecular weight is 166 g/mol. The van der Waals surface area contributed by atoms with Gasteiger partial charge >= 0.3 is 6.18 Å². The molecule has 0 aromatic heterocycles. The van der Waals surface area contributed by atoms with Crippen LogP contribution < -0.4 is 0 Å². The first-order chi connectivity index (χ1) is 5.04. The molecule has 11 heavy (non-hydrogen) atoms. The summed E-state index contributed by atoms with van der Waals surface area (Å²) in [6, 6.07) is 0. The molecular formula is C7H9F3O. The van der Waals surface area contributed by atoms with Gasteiger partial charge in [-0.2, -0.15) is 13.2 Å². The molecule has 1 saturated carbocycles. The molecule has 64 valence electrons. The van der Waals surface area contributed by atoms with Gasteiger partial charge in [0.1, 0.15) is 6.29 Å². The molecule has 0 aromatic rings. The van der Waals surface area contributed by atoms with Gasteiger partial charge in [-0.3, -0.25) is 0 Å². The van der Waals surface area contributed by atoms with Crippen LogP contribution in [-0.2, 0) is 4.79 Å². The van der Waals surface area contributed by atoms with Gasteiger partial charge in [-0.05, 0) is 19.3 Å². The number of alkyl halides is 3. The zero-order valence-corrected chi connectivity index (χ0v) is 5.90. The van der Waals surface area contributed by atoms with E-state index in [1.54, 1.807) is 0 Å². The van der Waals surface area contributed by atoms with Gasteiger partial charge in [0.15, 0.2) is 0 Å². The van der Waals surface area contributed by atoms with Crippen molar-refractivity contribution in [1.82, 2.24) is 0 Å². The van der Waals surface area contributed by atoms with Crippen LogP contribution in [0.25, 0.3) is 0 Å². The average Bonchev–Trinajstić information content (AvgIpc) is 2.32. The molecular weight excluding hydrogens is 157 g/mol. The zero-order valence-electron chi connectivity index (χ0n) is 5.90. The molecule has 2 atom stereocenters. The van der Waals surface area contributed by atoms with Gasteiger partial charge in [-0.25, -0.2) is 0 Å². The first-order valence-electron chi connectivity index (χ1n) is 3.56. The monoisotopic (exact) mass is 166 g/mol. The van der Waals surface area contributed by atoms with E-state index in [9.17, 15) is 18.0 Å². The second-order valence-corrected chi connectivity index (χ2v) is 2.95. The van der Waals surface area contributed by atoms with Gasteiger partial charge < -0.3 is 4.79 Å². The van der Waals surface area contributed by atoms with Crippen molar-refractivity contribution in [3.63, 3.8) is 0 Å². The molecule has 1 nitrogen and oxygen atoms in total. The molecule has 0 bridgehead atoms. The van der Waals surface area contributed by atoms with Crippen LogP contribution in [0.4, 0.5) is 13.2 Å². The summed E-state index contributed by atoms with van der Waals surface area (Å²) < 4.78 is 35.9. The van der Waals surface area contributed by atoms with Crippen molar-refractivity contribution >= 4 is 6.29 Å². The van der Waals surface area contributed by atoms with Crippen molar-refractivity contribution < 1.29 is 18.0 Å². The minimum atomic E-state index is -4.10. The summed E-state index contributed by atoms with van der Waals surface area (Å²) in [4.78, 5) is 10.1. The first kappa shape index (κ1) is 8.56. The van der Waals surface area contributed by atoms with E-state index in [1.165, 1.54) is 0 Å². The van der Waals surface area contributed by atoms with Crippen LogP contribution in [0.5, 0.6) is 0 Å². The summed E-state index contributed by atoms with van der Waals surface area (Å²) in [6.07, 6.45) is -2.96. The van der Waals surface area contributed by atoms with Gasteiger partial charge in [0.2, 0.25) is 0 Å². The lowest BCUT2D eigenvalue weighted by molar-refractivity contribution is -0.173. The van der Waals surface area contributed by atoms with Crippen LogP contribution in [0.15, 0.2) is 0 Å². The standard InChI is InChI=1S/C7H9F3O/c8-7(9,10)6-2-1-5(3-6)4-11/h4-6H,1-3H2/t5-,6+/m0/s1. The molecule has 4 heteroatoms. The number of carbonyl (C=O) groups is 1. The molecule has 0 unspecified atom stereocenters. The molecule has 0 heterocycles. The fraction of sp³-hybridized carbons (Fsp3) is 0.857. The number of hydrogen-bond acceptors (Lipinski definition) is 1. The number of halogens is 3.